The molecule has 3 heterocycles. The lowest BCUT2D eigenvalue weighted by atomic mass is 9.89. The molecule has 1 fully saturated rings. The van der Waals surface area contributed by atoms with Crippen LogP contribution in [-0.2, 0) is 39.2 Å². The van der Waals surface area contributed by atoms with E-state index >= 15 is 0 Å². The van der Waals surface area contributed by atoms with Crippen molar-refractivity contribution in [2.75, 3.05) is 13.2 Å². The molecule has 0 radical (unpaired) electrons. The predicted molar refractivity (Wildman–Crippen MR) is 230 cm³/mol. The van der Waals surface area contributed by atoms with Crippen LogP contribution in [0.3, 0.4) is 0 Å². The van der Waals surface area contributed by atoms with Crippen LogP contribution in [0, 0.1) is 6.92 Å². The highest BCUT2D eigenvalue weighted by Crippen LogP contribution is 2.52. The van der Waals surface area contributed by atoms with E-state index in [1.807, 2.05) is 70.3 Å². The van der Waals surface area contributed by atoms with Gasteiger partial charge in [0.25, 0.3) is 15.7 Å². The summed E-state index contributed by atoms with van der Waals surface area (Å²) < 4.78 is 61.3. The number of carbonyl (C=O) groups is 1. The van der Waals surface area contributed by atoms with Crippen LogP contribution in [0.25, 0.3) is 5.76 Å². The van der Waals surface area contributed by atoms with Crippen LogP contribution in [0.5, 0.6) is 0 Å². The number of allylic oxidation sites excluding steroid dienone is 1. The second-order valence-electron chi connectivity index (χ2n) is 18.1. The number of aryl methyl sites for hydroxylation is 1. The maximum Gasteiger partial charge on any atom is 0.333 e. The summed E-state index contributed by atoms with van der Waals surface area (Å²) in [7, 11) is -9.51. The van der Waals surface area contributed by atoms with Crippen LogP contribution in [0.4, 0.5) is 0 Å². The molecule has 58 heavy (non-hydrogen) atoms. The fourth-order valence-electron chi connectivity index (χ4n) is 6.37. The molecule has 2 aliphatic rings. The second-order valence-corrected chi connectivity index (χ2v) is 29.0. The van der Waals surface area contributed by atoms with Crippen LogP contribution >= 0.6 is 0 Å². The number of rotatable bonds is 14. The monoisotopic (exact) mass is 853 g/mol. The van der Waals surface area contributed by atoms with Crippen molar-refractivity contribution in [1.82, 2.24) is 9.13 Å². The average molecular weight is 854 g/mol. The highest BCUT2D eigenvalue weighted by Gasteiger charge is 2.67. The van der Waals surface area contributed by atoms with Gasteiger partial charge in [-0.2, -0.15) is 8.42 Å². The minimum atomic E-state index is -4.29. The minimum Gasteiger partial charge on any atom is -0.493 e. The van der Waals surface area contributed by atoms with Gasteiger partial charge in [-0.3, -0.25) is 18.7 Å². The molecule has 2 aromatic carbocycles. The van der Waals surface area contributed by atoms with Gasteiger partial charge in [0.15, 0.2) is 34.2 Å². The van der Waals surface area contributed by atoms with E-state index in [1.165, 1.54) is 16.8 Å². The number of nitrogens with zero attached hydrogens (tertiary/aromatic N) is 2. The van der Waals surface area contributed by atoms with Crippen LogP contribution in [0.2, 0.25) is 36.3 Å². The van der Waals surface area contributed by atoms with Crippen molar-refractivity contribution in [3.63, 3.8) is 0 Å². The molecule has 3 aromatic rings. The summed E-state index contributed by atoms with van der Waals surface area (Å²) in [5.41, 5.74) is 4.88. The molecular weight excluding hydrogens is 795 g/mol. The van der Waals surface area contributed by atoms with E-state index in [1.54, 1.807) is 31.2 Å². The van der Waals surface area contributed by atoms with Gasteiger partial charge in [0.05, 0.1) is 24.3 Å². The summed E-state index contributed by atoms with van der Waals surface area (Å²) in [6, 6.07) is 18.0. The Morgan fingerprint density at radius 3 is 2.02 bits per heavy atom. The molecule has 1 saturated heterocycles. The van der Waals surface area contributed by atoms with Crippen LogP contribution in [-0.4, -0.2) is 71.0 Å². The largest absolute Gasteiger partial charge is 0.493 e. The molecule has 1 aromatic heterocycles. The maximum atomic E-state index is 14.5. The van der Waals surface area contributed by atoms with Crippen molar-refractivity contribution in [3.05, 3.63) is 122 Å². The molecule has 0 saturated carbocycles. The second kappa shape index (κ2) is 16.6. The summed E-state index contributed by atoms with van der Waals surface area (Å²) in [6.45, 7) is 22.0. The van der Waals surface area contributed by atoms with E-state index < -0.39 is 62.0 Å². The number of hydrogen-bond acceptors (Lipinski definition) is 11. The zero-order chi connectivity index (χ0) is 43.1. The molecular formula is C42H59N3O10SSi2. The predicted octanol–water partition coefficient (Wildman–Crippen LogP) is 6.86. The first-order valence-electron chi connectivity index (χ1n) is 19.5. The SMILES string of the molecule is Cc1cn([C@@H]2OC(CO[Si](C)(C)C(C)(C)C)C3(OS(=O)(=O)C=C3N)[C@H]2O[Si](C)(C)C(C)(C)C)c(=O)n(CCCO/C(=C/C(=O)c2ccccc2)c2ccccc2)c1=O. The topological polar surface area (TPSA) is 167 Å². The molecule has 0 bridgehead atoms. The smallest absolute Gasteiger partial charge is 0.333 e. The zero-order valence-electron chi connectivity index (χ0n) is 35.5. The molecule has 4 atom stereocenters. The van der Waals surface area contributed by atoms with Gasteiger partial charge in [-0.25, -0.2) is 8.98 Å². The summed E-state index contributed by atoms with van der Waals surface area (Å²) in [6.07, 6.45) is -0.554. The standard InChI is InChI=1S/C42H59N3O10SSi2/c1-29-26-45(39(48)44(37(29)47)23-18-24-51-33(31-21-16-13-17-22-31)25-32(46)30-19-14-12-15-20-30)38-36(54-58(10,11)41(5,6)7)42(34(43)28-56(49,50)55-42)35(53-38)27-52-57(8,9)40(2,3)4/h12-17,19-22,25-26,28,35-36,38H,18,23-24,27,43H2,1-11H3/b33-25+/t35?,36-,38+,42?/m0/s1. The lowest BCUT2D eigenvalue weighted by molar-refractivity contribution is -0.0567. The molecule has 1 spiro atoms. The third-order valence-electron chi connectivity index (χ3n) is 11.9. The van der Waals surface area contributed by atoms with Gasteiger partial charge in [-0.05, 0) is 49.6 Å². The van der Waals surface area contributed by atoms with Gasteiger partial charge in [-0.1, -0.05) is 102 Å². The highest BCUT2D eigenvalue weighted by molar-refractivity contribution is 7.90. The third kappa shape index (κ3) is 9.27. The number of aromatic nitrogens is 2. The summed E-state index contributed by atoms with van der Waals surface area (Å²) >= 11 is 0. The molecule has 316 valence electrons. The Morgan fingerprint density at radius 2 is 1.48 bits per heavy atom. The van der Waals surface area contributed by atoms with Crippen molar-refractivity contribution in [1.29, 1.82) is 0 Å². The van der Waals surface area contributed by atoms with Crippen molar-refractivity contribution in [2.24, 2.45) is 5.73 Å². The third-order valence-corrected chi connectivity index (χ3v) is 21.9. The molecule has 0 amide bonds. The van der Waals surface area contributed by atoms with E-state index in [4.69, 9.17) is 28.2 Å². The number of ether oxygens (including phenoxy) is 2. The Balaban J connectivity index is 1.52. The highest BCUT2D eigenvalue weighted by atomic mass is 32.2. The van der Waals surface area contributed by atoms with Crippen molar-refractivity contribution < 1.29 is 35.7 Å². The fourth-order valence-corrected chi connectivity index (χ4v) is 9.88. The molecule has 0 aliphatic carbocycles. The van der Waals surface area contributed by atoms with Gasteiger partial charge >= 0.3 is 5.69 Å². The first kappa shape index (κ1) is 45.2. The van der Waals surface area contributed by atoms with Gasteiger partial charge in [0.1, 0.15) is 18.0 Å². The van der Waals surface area contributed by atoms with E-state index in [2.05, 4.69) is 33.9 Å². The van der Waals surface area contributed by atoms with Crippen LogP contribution in [0.1, 0.15) is 75.7 Å². The normalized spacial score (nSPS) is 22.6. The van der Waals surface area contributed by atoms with Crippen molar-refractivity contribution in [2.45, 2.75) is 122 Å². The Kier molecular flexibility index (Phi) is 13.0. The first-order chi connectivity index (χ1) is 26.8. The quantitative estimate of drug-likeness (QED) is 0.0450. The average Bonchev–Trinajstić information content (AvgIpc) is 3.56. The molecule has 5 rings (SSSR count). The fraction of sp³-hybridized carbons (Fsp3) is 0.500. The van der Waals surface area contributed by atoms with E-state index in [9.17, 15) is 22.8 Å². The number of benzene rings is 2. The minimum absolute atomic E-state index is 0.0372. The van der Waals surface area contributed by atoms with Crippen molar-refractivity contribution in [3.8, 4) is 0 Å². The lowest BCUT2D eigenvalue weighted by Crippen LogP contribution is -2.59. The number of carbonyl (C=O) groups excluding carboxylic acids is 1. The molecule has 2 N–H and O–H groups in total. The Morgan fingerprint density at radius 1 is 0.914 bits per heavy atom. The summed E-state index contributed by atoms with van der Waals surface area (Å²) in [4.78, 5) is 41.3. The lowest BCUT2D eigenvalue weighted by Gasteiger charge is -2.43. The molecule has 16 heteroatoms. The number of hydrogen-bond donors (Lipinski definition) is 1. The van der Waals surface area contributed by atoms with E-state index in [-0.39, 0.29) is 53.3 Å². The number of ketones is 1. The molecule has 2 unspecified atom stereocenters. The Hall–Kier alpha value is -3.91. The van der Waals surface area contributed by atoms with Crippen LogP contribution in [0.15, 0.2) is 93.6 Å². The van der Waals surface area contributed by atoms with Gasteiger partial charge in [0.2, 0.25) is 0 Å². The first-order valence-corrected chi connectivity index (χ1v) is 26.8. The van der Waals surface area contributed by atoms with Crippen molar-refractivity contribution >= 4 is 38.3 Å². The van der Waals surface area contributed by atoms with Gasteiger partial charge in [-0.15, -0.1) is 0 Å². The zero-order valence-corrected chi connectivity index (χ0v) is 38.3. The van der Waals surface area contributed by atoms with Gasteiger partial charge < -0.3 is 24.1 Å². The van der Waals surface area contributed by atoms with E-state index in [0.717, 1.165) is 9.98 Å². The number of nitrogens with two attached hydrogens (primary N) is 1. The van der Waals surface area contributed by atoms with Gasteiger partial charge in [0, 0.05) is 35.5 Å². The molecule has 13 nitrogen and oxygen atoms in total. The van der Waals surface area contributed by atoms with Crippen LogP contribution < -0.4 is 17.0 Å². The van der Waals surface area contributed by atoms with E-state index in [0.29, 0.717) is 16.9 Å². The molecule has 2 aliphatic heterocycles. The Bertz CT molecular complexity index is 2280. The Labute approximate surface area is 344 Å². The summed E-state index contributed by atoms with van der Waals surface area (Å²) in [5, 5.41) is 0.324. The maximum absolute atomic E-state index is 14.5. The summed E-state index contributed by atoms with van der Waals surface area (Å²) in [5.74, 6) is 0.116.